The summed E-state index contributed by atoms with van der Waals surface area (Å²) in [7, 11) is 0. The molecular formula is C21H23N3O3S. The third-order valence-corrected chi connectivity index (χ3v) is 5.48. The molecule has 1 aliphatic rings. The van der Waals surface area contributed by atoms with Crippen molar-refractivity contribution in [3.05, 3.63) is 64.7 Å². The first kappa shape index (κ1) is 18.9. The summed E-state index contributed by atoms with van der Waals surface area (Å²) >= 11 is 1.68. The van der Waals surface area contributed by atoms with Gasteiger partial charge in [0.15, 0.2) is 18.0 Å². The molecule has 0 aliphatic carbocycles. The highest BCUT2D eigenvalue weighted by molar-refractivity contribution is 7.09. The van der Waals surface area contributed by atoms with Crippen molar-refractivity contribution in [2.24, 2.45) is 0 Å². The molecule has 0 saturated carbocycles. The number of benzene rings is 1. The van der Waals surface area contributed by atoms with Crippen LogP contribution in [-0.4, -0.2) is 34.3 Å². The molecule has 1 aromatic carbocycles. The number of imidazole rings is 1. The van der Waals surface area contributed by atoms with Crippen LogP contribution in [0.5, 0.6) is 0 Å². The predicted octanol–water partition coefficient (Wildman–Crippen LogP) is 3.69. The number of ether oxygens (including phenoxy) is 2. The fourth-order valence-electron chi connectivity index (χ4n) is 3.26. The standard InChI is InChI=1S/C21H23N3O3S/c1-21(2)26-17(19-23-13-16(24-19)14-7-4-3-5-8-14)18(27-21)20(25)22-11-10-15-9-6-12-28-15/h3-9,12-13,17-18H,10-11H2,1-2H3,(H,22,25)(H,23,24)/t17-,18-/m1/s1. The zero-order chi connectivity index (χ0) is 19.6. The third-order valence-electron chi connectivity index (χ3n) is 4.54. The lowest BCUT2D eigenvalue weighted by atomic mass is 10.1. The van der Waals surface area contributed by atoms with Gasteiger partial charge in [-0.05, 0) is 31.7 Å². The number of aromatic amines is 1. The predicted molar refractivity (Wildman–Crippen MR) is 108 cm³/mol. The van der Waals surface area contributed by atoms with E-state index < -0.39 is 18.0 Å². The van der Waals surface area contributed by atoms with Crippen molar-refractivity contribution in [3.63, 3.8) is 0 Å². The van der Waals surface area contributed by atoms with Gasteiger partial charge in [-0.15, -0.1) is 11.3 Å². The van der Waals surface area contributed by atoms with Crippen LogP contribution in [0.1, 0.15) is 30.7 Å². The molecule has 1 saturated heterocycles. The Morgan fingerprint density at radius 3 is 2.79 bits per heavy atom. The Bertz CT molecular complexity index is 922. The Hall–Kier alpha value is -2.48. The van der Waals surface area contributed by atoms with E-state index in [1.165, 1.54) is 4.88 Å². The van der Waals surface area contributed by atoms with Gasteiger partial charge in [0.1, 0.15) is 5.82 Å². The van der Waals surface area contributed by atoms with Gasteiger partial charge < -0.3 is 19.8 Å². The summed E-state index contributed by atoms with van der Waals surface area (Å²) in [6, 6.07) is 13.9. The van der Waals surface area contributed by atoms with E-state index >= 15 is 0 Å². The molecule has 3 aromatic rings. The Balaban J connectivity index is 1.47. The van der Waals surface area contributed by atoms with E-state index in [4.69, 9.17) is 9.47 Å². The molecule has 4 rings (SSSR count). The van der Waals surface area contributed by atoms with E-state index in [9.17, 15) is 4.79 Å². The van der Waals surface area contributed by atoms with Crippen LogP contribution in [0.25, 0.3) is 11.3 Å². The smallest absolute Gasteiger partial charge is 0.252 e. The average molecular weight is 398 g/mol. The summed E-state index contributed by atoms with van der Waals surface area (Å²) in [5, 5.41) is 4.99. The lowest BCUT2D eigenvalue weighted by Crippen LogP contribution is -2.39. The average Bonchev–Trinajstić information content (AvgIpc) is 3.42. The molecule has 1 aliphatic heterocycles. The number of amides is 1. The van der Waals surface area contributed by atoms with E-state index in [1.807, 2.05) is 48.0 Å². The molecule has 0 spiro atoms. The van der Waals surface area contributed by atoms with Crippen molar-refractivity contribution in [2.75, 3.05) is 6.54 Å². The van der Waals surface area contributed by atoms with E-state index in [2.05, 4.69) is 21.4 Å². The molecular weight excluding hydrogens is 374 g/mol. The number of rotatable bonds is 6. The Kier molecular flexibility index (Phi) is 5.30. The fourth-order valence-corrected chi connectivity index (χ4v) is 3.97. The van der Waals surface area contributed by atoms with E-state index in [-0.39, 0.29) is 5.91 Å². The molecule has 0 bridgehead atoms. The lowest BCUT2D eigenvalue weighted by molar-refractivity contribution is -0.156. The second kappa shape index (κ2) is 7.87. The molecule has 6 nitrogen and oxygen atoms in total. The number of hydrogen-bond acceptors (Lipinski definition) is 5. The maximum atomic E-state index is 12.8. The molecule has 2 atom stereocenters. The van der Waals surface area contributed by atoms with Gasteiger partial charge in [0.25, 0.3) is 5.91 Å². The van der Waals surface area contributed by atoms with Gasteiger partial charge in [-0.1, -0.05) is 36.4 Å². The first-order valence-electron chi connectivity index (χ1n) is 9.28. The molecule has 7 heteroatoms. The summed E-state index contributed by atoms with van der Waals surface area (Å²) < 4.78 is 11.9. The van der Waals surface area contributed by atoms with Crippen molar-refractivity contribution in [2.45, 2.75) is 38.3 Å². The van der Waals surface area contributed by atoms with Crippen LogP contribution in [-0.2, 0) is 20.7 Å². The molecule has 0 radical (unpaired) electrons. The number of H-pyrrole nitrogens is 1. The highest BCUT2D eigenvalue weighted by Gasteiger charge is 2.47. The molecule has 146 valence electrons. The third kappa shape index (κ3) is 4.16. The van der Waals surface area contributed by atoms with Crippen molar-refractivity contribution >= 4 is 17.2 Å². The zero-order valence-electron chi connectivity index (χ0n) is 15.8. The number of carbonyl (C=O) groups is 1. The number of thiophene rings is 1. The van der Waals surface area contributed by atoms with Crippen LogP contribution in [0.2, 0.25) is 0 Å². The zero-order valence-corrected chi connectivity index (χ0v) is 16.7. The van der Waals surface area contributed by atoms with Gasteiger partial charge >= 0.3 is 0 Å². The van der Waals surface area contributed by atoms with Crippen LogP contribution in [0.4, 0.5) is 0 Å². The quantitative estimate of drug-likeness (QED) is 0.665. The number of nitrogens with one attached hydrogen (secondary N) is 2. The summed E-state index contributed by atoms with van der Waals surface area (Å²) in [5.74, 6) is -0.465. The van der Waals surface area contributed by atoms with Crippen molar-refractivity contribution in [1.82, 2.24) is 15.3 Å². The second-order valence-corrected chi connectivity index (χ2v) is 8.17. The first-order chi connectivity index (χ1) is 13.5. The maximum Gasteiger partial charge on any atom is 0.252 e. The normalized spacial score (nSPS) is 20.9. The van der Waals surface area contributed by atoms with E-state index in [1.54, 1.807) is 25.2 Å². The summed E-state index contributed by atoms with van der Waals surface area (Å²) in [5.41, 5.74) is 1.81. The number of carbonyl (C=O) groups excluding carboxylic acids is 1. The summed E-state index contributed by atoms with van der Waals surface area (Å²) in [6.45, 7) is 4.17. The van der Waals surface area contributed by atoms with Gasteiger partial charge in [0.05, 0.1) is 5.69 Å². The molecule has 3 heterocycles. The van der Waals surface area contributed by atoms with Crippen LogP contribution in [0, 0.1) is 0 Å². The van der Waals surface area contributed by atoms with Crippen molar-refractivity contribution < 1.29 is 14.3 Å². The Morgan fingerprint density at radius 1 is 1.21 bits per heavy atom. The minimum absolute atomic E-state index is 0.190. The highest BCUT2D eigenvalue weighted by atomic mass is 32.1. The number of nitrogens with zero attached hydrogens (tertiary/aromatic N) is 1. The molecule has 2 aromatic heterocycles. The van der Waals surface area contributed by atoms with Gasteiger partial charge in [-0.25, -0.2) is 4.98 Å². The number of hydrogen-bond donors (Lipinski definition) is 2. The maximum absolute atomic E-state index is 12.8. The molecule has 28 heavy (non-hydrogen) atoms. The van der Waals surface area contributed by atoms with Crippen molar-refractivity contribution in [3.8, 4) is 11.3 Å². The van der Waals surface area contributed by atoms with E-state index in [0.717, 1.165) is 17.7 Å². The minimum atomic E-state index is -0.861. The molecule has 0 unspecified atom stereocenters. The Labute approximate surface area is 167 Å². The number of aromatic nitrogens is 2. The van der Waals surface area contributed by atoms with Gasteiger partial charge in [0, 0.05) is 23.2 Å². The van der Waals surface area contributed by atoms with E-state index in [0.29, 0.717) is 12.4 Å². The Morgan fingerprint density at radius 2 is 2.04 bits per heavy atom. The SMILES string of the molecule is CC1(C)O[C@@H](C(=O)NCCc2cccs2)[C@H](c2nc(-c3ccccc3)c[nH]2)O1. The van der Waals surface area contributed by atoms with Gasteiger partial charge in [0.2, 0.25) is 0 Å². The summed E-state index contributed by atoms with van der Waals surface area (Å²) in [4.78, 5) is 21.8. The first-order valence-corrected chi connectivity index (χ1v) is 10.2. The van der Waals surface area contributed by atoms with Gasteiger partial charge in [-0.3, -0.25) is 4.79 Å². The second-order valence-electron chi connectivity index (χ2n) is 7.13. The molecule has 1 fully saturated rings. The molecule has 2 N–H and O–H groups in total. The molecule has 1 amide bonds. The summed E-state index contributed by atoms with van der Waals surface area (Å²) in [6.07, 6.45) is 1.28. The van der Waals surface area contributed by atoms with Gasteiger partial charge in [-0.2, -0.15) is 0 Å². The largest absolute Gasteiger partial charge is 0.353 e. The van der Waals surface area contributed by atoms with Crippen molar-refractivity contribution in [1.29, 1.82) is 0 Å². The topological polar surface area (TPSA) is 76.2 Å². The fraction of sp³-hybridized carbons (Fsp3) is 0.333. The van der Waals surface area contributed by atoms with Crippen LogP contribution >= 0.6 is 11.3 Å². The van der Waals surface area contributed by atoms with Crippen LogP contribution < -0.4 is 5.32 Å². The lowest BCUT2D eigenvalue weighted by Gasteiger charge is -2.16. The van der Waals surface area contributed by atoms with Crippen LogP contribution in [0.15, 0.2) is 54.0 Å². The monoisotopic (exact) mass is 397 g/mol. The van der Waals surface area contributed by atoms with Crippen LogP contribution in [0.3, 0.4) is 0 Å². The minimum Gasteiger partial charge on any atom is -0.353 e. The highest BCUT2D eigenvalue weighted by Crippen LogP contribution is 2.37.